The smallest absolute Gasteiger partial charge is 0.409 e. The Morgan fingerprint density at radius 3 is 2.50 bits per heavy atom. The average molecular weight is 507 g/mol. The highest BCUT2D eigenvalue weighted by Gasteiger charge is 2.42. The Hall–Kier alpha value is -4.29. The fourth-order valence-corrected chi connectivity index (χ4v) is 2.82. The summed E-state index contributed by atoms with van der Waals surface area (Å²) in [7, 11) is 0. The van der Waals surface area contributed by atoms with Crippen LogP contribution in [-0.2, 0) is 32.1 Å². The lowest BCUT2D eigenvalue weighted by Gasteiger charge is -2.28. The Morgan fingerprint density at radius 1 is 1.14 bits per heavy atom. The molecule has 1 unspecified atom stereocenters. The number of aliphatic carboxylic acids is 1. The molecule has 0 radical (unpaired) electrons. The second kappa shape index (κ2) is 13.0. The number of alkyl carbamates (subject to hydrolysis) is 2. The highest BCUT2D eigenvalue weighted by Crippen LogP contribution is 2.18. The van der Waals surface area contributed by atoms with Crippen LogP contribution in [0.2, 0.25) is 0 Å². The molecule has 2 aromatic rings. The quantitative estimate of drug-likeness (QED) is 0.178. The molecule has 36 heavy (non-hydrogen) atoms. The van der Waals surface area contributed by atoms with E-state index in [0.29, 0.717) is 18.5 Å². The number of ether oxygens (including phenoxy) is 3. The van der Waals surface area contributed by atoms with Gasteiger partial charge in [0.1, 0.15) is 18.0 Å². The molecule has 0 aliphatic carbocycles. The highest BCUT2D eigenvalue weighted by atomic mass is 16.6. The molecule has 196 valence electrons. The molecule has 13 heteroatoms. The van der Waals surface area contributed by atoms with Gasteiger partial charge in [-0.05, 0) is 37.9 Å². The van der Waals surface area contributed by atoms with Crippen molar-refractivity contribution in [3.05, 3.63) is 47.7 Å². The third-order valence-electron chi connectivity index (χ3n) is 4.41. The number of nitrogens with one attached hydrogen (secondary N) is 3. The van der Waals surface area contributed by atoms with E-state index >= 15 is 0 Å². The summed E-state index contributed by atoms with van der Waals surface area (Å²) in [5, 5.41) is 20.3. The zero-order valence-electron chi connectivity index (χ0n) is 20.2. The van der Waals surface area contributed by atoms with Crippen molar-refractivity contribution in [3.63, 3.8) is 0 Å². The van der Waals surface area contributed by atoms with Crippen molar-refractivity contribution in [1.82, 2.24) is 21.1 Å². The molecule has 0 fully saturated rings. The van der Waals surface area contributed by atoms with Crippen molar-refractivity contribution in [2.24, 2.45) is 0 Å². The van der Waals surface area contributed by atoms with E-state index in [1.165, 1.54) is 6.07 Å². The topological polar surface area (TPSA) is 178 Å². The van der Waals surface area contributed by atoms with E-state index in [4.69, 9.17) is 18.7 Å². The number of aromatic nitrogens is 1. The summed E-state index contributed by atoms with van der Waals surface area (Å²) in [6.45, 7) is 5.62. The Balaban J connectivity index is 1.89. The van der Waals surface area contributed by atoms with Crippen LogP contribution in [0.3, 0.4) is 0 Å². The molecule has 4 N–H and O–H groups in total. The van der Waals surface area contributed by atoms with E-state index in [9.17, 15) is 24.3 Å². The largest absolute Gasteiger partial charge is 0.478 e. The van der Waals surface area contributed by atoms with Crippen molar-refractivity contribution in [2.45, 2.75) is 51.5 Å². The van der Waals surface area contributed by atoms with Gasteiger partial charge in [-0.3, -0.25) is 10.1 Å². The van der Waals surface area contributed by atoms with E-state index in [1.54, 1.807) is 51.1 Å². The molecule has 0 aliphatic rings. The summed E-state index contributed by atoms with van der Waals surface area (Å²) in [6, 6.07) is 10.1. The Labute approximate surface area is 207 Å². The van der Waals surface area contributed by atoms with Crippen molar-refractivity contribution in [1.29, 1.82) is 0 Å². The van der Waals surface area contributed by atoms with Crippen molar-refractivity contribution in [2.75, 3.05) is 13.2 Å². The van der Waals surface area contributed by atoms with E-state index in [1.807, 2.05) is 0 Å². The minimum Gasteiger partial charge on any atom is -0.478 e. The van der Waals surface area contributed by atoms with Crippen LogP contribution >= 0.6 is 0 Å². The van der Waals surface area contributed by atoms with Gasteiger partial charge < -0.3 is 34.5 Å². The number of nitrogens with zero attached hydrogens (tertiary/aromatic N) is 1. The molecule has 1 heterocycles. The molecule has 13 nitrogen and oxygen atoms in total. The lowest BCUT2D eigenvalue weighted by Crippen LogP contribution is -2.65. The van der Waals surface area contributed by atoms with Crippen LogP contribution < -0.4 is 20.7 Å². The van der Waals surface area contributed by atoms with Crippen LogP contribution in [-0.4, -0.2) is 59.2 Å². The zero-order valence-corrected chi connectivity index (χ0v) is 20.2. The average Bonchev–Trinajstić information content (AvgIpc) is 3.24. The van der Waals surface area contributed by atoms with E-state index in [0.717, 1.165) is 0 Å². The van der Waals surface area contributed by atoms with Gasteiger partial charge in [0.15, 0.2) is 0 Å². The third kappa shape index (κ3) is 9.52. The lowest BCUT2D eigenvalue weighted by molar-refractivity contribution is -0.147. The Kier molecular flexibility index (Phi) is 10.1. The first-order valence-corrected chi connectivity index (χ1v) is 11.0. The number of hydrogen-bond acceptors (Lipinski definition) is 9. The summed E-state index contributed by atoms with van der Waals surface area (Å²) in [6.07, 6.45) is -1.53. The first-order chi connectivity index (χ1) is 17.0. The maximum absolute atomic E-state index is 12.3. The van der Waals surface area contributed by atoms with Gasteiger partial charge in [-0.15, -0.1) is 0 Å². The van der Waals surface area contributed by atoms with Gasteiger partial charge in [0, 0.05) is 12.6 Å². The van der Waals surface area contributed by atoms with Gasteiger partial charge in [0.2, 0.25) is 12.1 Å². The van der Waals surface area contributed by atoms with Crippen LogP contribution in [0.15, 0.2) is 40.9 Å². The minimum atomic E-state index is -2.26. The Morgan fingerprint density at radius 2 is 1.86 bits per heavy atom. The van der Waals surface area contributed by atoms with Gasteiger partial charge in [0.25, 0.3) is 5.88 Å². The minimum absolute atomic E-state index is 0.0111. The molecule has 2 rings (SSSR count). The molecule has 1 atom stereocenters. The zero-order chi connectivity index (χ0) is 26.6. The molecule has 0 saturated carbocycles. The molecule has 1 aromatic heterocycles. The highest BCUT2D eigenvalue weighted by molar-refractivity contribution is 5.86. The van der Waals surface area contributed by atoms with Gasteiger partial charge in [-0.1, -0.05) is 30.3 Å². The number of carboxylic acids is 1. The van der Waals surface area contributed by atoms with Crippen molar-refractivity contribution >= 4 is 24.6 Å². The summed E-state index contributed by atoms with van der Waals surface area (Å²) in [5.74, 6) is -1.49. The van der Waals surface area contributed by atoms with Gasteiger partial charge >= 0.3 is 18.2 Å². The van der Waals surface area contributed by atoms with E-state index < -0.39 is 35.8 Å². The van der Waals surface area contributed by atoms with Gasteiger partial charge in [-0.2, -0.15) is 0 Å². The van der Waals surface area contributed by atoms with E-state index in [2.05, 4.69) is 21.1 Å². The SMILES string of the molecule is CC(C)(C)OC(=O)NCCCOc1cc(CC(NC=O)(NC(=O)OCc2ccccc2)C(=O)O)on1. The summed E-state index contributed by atoms with van der Waals surface area (Å²) in [5.41, 5.74) is -2.17. The maximum atomic E-state index is 12.3. The number of carboxylic acid groups (broad SMARTS) is 1. The maximum Gasteiger partial charge on any atom is 0.409 e. The van der Waals surface area contributed by atoms with Crippen LogP contribution in [0.5, 0.6) is 5.88 Å². The molecule has 0 aliphatic heterocycles. The standard InChI is InChI=1S/C23H30N4O9/c1-22(2,3)35-20(31)24-10-7-11-33-18-12-17(36-27-18)13-23(19(29)30,25-15-28)26-21(32)34-14-16-8-5-4-6-9-16/h4-6,8-9,12,15H,7,10-11,13-14H2,1-3H3,(H,24,31)(H,25,28)(H,26,32)(H,29,30). The van der Waals surface area contributed by atoms with Crippen molar-refractivity contribution in [3.8, 4) is 5.88 Å². The molecular formula is C23H30N4O9. The van der Waals surface area contributed by atoms with Crippen molar-refractivity contribution < 1.29 is 43.0 Å². The second-order valence-corrected chi connectivity index (χ2v) is 8.60. The van der Waals surface area contributed by atoms with E-state index in [-0.39, 0.29) is 31.3 Å². The fourth-order valence-electron chi connectivity index (χ4n) is 2.82. The lowest BCUT2D eigenvalue weighted by atomic mass is 10.0. The van der Waals surface area contributed by atoms with Crippen LogP contribution in [0.1, 0.15) is 38.5 Å². The van der Waals surface area contributed by atoms with Crippen LogP contribution in [0, 0.1) is 0 Å². The Bertz CT molecular complexity index is 1020. The number of carbonyl (C=O) groups is 4. The van der Waals surface area contributed by atoms with Crippen LogP contribution in [0.25, 0.3) is 0 Å². The van der Waals surface area contributed by atoms with Gasteiger partial charge in [0.05, 0.1) is 13.0 Å². The molecular weight excluding hydrogens is 476 g/mol. The molecule has 1 aromatic carbocycles. The number of benzene rings is 1. The molecule has 3 amide bonds. The summed E-state index contributed by atoms with van der Waals surface area (Å²) < 4.78 is 20.7. The summed E-state index contributed by atoms with van der Waals surface area (Å²) in [4.78, 5) is 47.0. The number of amides is 3. The first-order valence-electron chi connectivity index (χ1n) is 11.0. The predicted octanol–water partition coefficient (Wildman–Crippen LogP) is 1.96. The third-order valence-corrected chi connectivity index (χ3v) is 4.41. The first kappa shape index (κ1) is 28.0. The van der Waals surface area contributed by atoms with Crippen LogP contribution in [0.4, 0.5) is 9.59 Å². The fraction of sp³-hybridized carbons (Fsp3) is 0.435. The normalized spacial score (nSPS) is 12.5. The number of rotatable bonds is 13. The molecule has 0 bridgehead atoms. The second-order valence-electron chi connectivity index (χ2n) is 8.60. The van der Waals surface area contributed by atoms with Gasteiger partial charge in [-0.25, -0.2) is 14.4 Å². The monoisotopic (exact) mass is 506 g/mol. The predicted molar refractivity (Wildman–Crippen MR) is 124 cm³/mol. The number of carbonyl (C=O) groups excluding carboxylic acids is 3. The summed E-state index contributed by atoms with van der Waals surface area (Å²) >= 11 is 0. The molecule has 0 saturated heterocycles. The number of hydrogen-bond donors (Lipinski definition) is 4. The molecule has 0 spiro atoms.